The van der Waals surface area contributed by atoms with Crippen molar-refractivity contribution in [1.82, 2.24) is 0 Å². The van der Waals surface area contributed by atoms with Crippen molar-refractivity contribution in [3.63, 3.8) is 0 Å². The van der Waals surface area contributed by atoms with Gasteiger partial charge < -0.3 is 4.74 Å². The fraction of sp³-hybridized carbons (Fsp3) is 0.0270. The van der Waals surface area contributed by atoms with Gasteiger partial charge in [-0.05, 0) is 102 Å². The quantitative estimate of drug-likeness (QED) is 0.225. The van der Waals surface area contributed by atoms with Crippen LogP contribution in [-0.2, 0) is 0 Å². The van der Waals surface area contributed by atoms with E-state index in [9.17, 15) is 0 Å². The van der Waals surface area contributed by atoms with Gasteiger partial charge in [0.2, 0.25) is 0 Å². The normalized spacial score (nSPS) is 11.3. The van der Waals surface area contributed by atoms with Gasteiger partial charge in [0.1, 0.15) is 5.75 Å². The van der Waals surface area contributed by atoms with E-state index in [-0.39, 0.29) is 0 Å². The lowest BCUT2D eigenvalue weighted by Crippen LogP contribution is -1.88. The summed E-state index contributed by atoms with van der Waals surface area (Å²) in [5.74, 6) is 0.873. The molecule has 1 nitrogen and oxygen atoms in total. The zero-order valence-corrected chi connectivity index (χ0v) is 21.2. The summed E-state index contributed by atoms with van der Waals surface area (Å²) in [6, 6.07) is 50.3. The van der Waals surface area contributed by atoms with Crippen molar-refractivity contribution < 1.29 is 4.74 Å². The Kier molecular flexibility index (Phi) is 5.41. The first-order valence-corrected chi connectivity index (χ1v) is 13.0. The predicted octanol–water partition coefficient (Wildman–Crippen LogP) is 10.2. The predicted molar refractivity (Wildman–Crippen MR) is 162 cm³/mol. The van der Waals surface area contributed by atoms with E-state index in [0.717, 1.165) is 5.75 Å². The Morgan fingerprint density at radius 2 is 0.895 bits per heavy atom. The van der Waals surface area contributed by atoms with Crippen molar-refractivity contribution >= 4 is 32.3 Å². The smallest absolute Gasteiger partial charge is 0.118 e. The maximum Gasteiger partial charge on any atom is 0.118 e. The highest BCUT2D eigenvalue weighted by Gasteiger charge is 2.11. The van der Waals surface area contributed by atoms with E-state index in [0.29, 0.717) is 0 Å². The molecule has 0 saturated carbocycles. The molecule has 0 bridgehead atoms. The molecule has 0 atom stereocenters. The summed E-state index contributed by atoms with van der Waals surface area (Å²) in [6.45, 7) is 0. The summed E-state index contributed by atoms with van der Waals surface area (Å²) in [7, 11) is 1.70. The summed E-state index contributed by atoms with van der Waals surface area (Å²) in [4.78, 5) is 0. The molecule has 0 heterocycles. The average Bonchev–Trinajstić information content (AvgIpc) is 3.00. The van der Waals surface area contributed by atoms with Crippen molar-refractivity contribution in [3.05, 3.63) is 140 Å². The first-order valence-electron chi connectivity index (χ1n) is 13.0. The van der Waals surface area contributed by atoms with Crippen LogP contribution in [0.1, 0.15) is 0 Å². The Hall–Kier alpha value is -4.88. The van der Waals surface area contributed by atoms with E-state index >= 15 is 0 Å². The summed E-state index contributed by atoms with van der Waals surface area (Å²) in [6.07, 6.45) is 0. The molecule has 0 aliphatic carbocycles. The molecule has 1 heteroatoms. The number of rotatable bonds is 4. The fourth-order valence-electron chi connectivity index (χ4n) is 5.54. The van der Waals surface area contributed by atoms with E-state index < -0.39 is 0 Å². The standard InChI is InChI=1S/C37H26O/c1-38-33-17-13-25(14-18-33)29-15-19-34-30(21-29)11-12-31-22-32(16-20-35(31)34)37-24-28-10-6-5-9-27(28)23-36(37)26-7-3-2-4-8-26/h2-24H,1H3. The van der Waals surface area contributed by atoms with Gasteiger partial charge in [0, 0.05) is 0 Å². The first-order chi connectivity index (χ1) is 18.8. The van der Waals surface area contributed by atoms with Gasteiger partial charge >= 0.3 is 0 Å². The third-order valence-corrected chi connectivity index (χ3v) is 7.54. The molecule has 0 N–H and O–H groups in total. The summed E-state index contributed by atoms with van der Waals surface area (Å²) < 4.78 is 5.32. The van der Waals surface area contributed by atoms with Crippen LogP contribution >= 0.6 is 0 Å². The summed E-state index contributed by atoms with van der Waals surface area (Å²) in [5.41, 5.74) is 7.38. The van der Waals surface area contributed by atoms with Crippen LogP contribution in [0.3, 0.4) is 0 Å². The molecule has 7 aromatic carbocycles. The Morgan fingerprint density at radius 1 is 0.368 bits per heavy atom. The molecule has 0 aromatic heterocycles. The molecule has 0 spiro atoms. The van der Waals surface area contributed by atoms with Crippen LogP contribution in [0.4, 0.5) is 0 Å². The van der Waals surface area contributed by atoms with Gasteiger partial charge in [0.25, 0.3) is 0 Å². The topological polar surface area (TPSA) is 9.23 Å². The SMILES string of the molecule is COc1ccc(-c2ccc3c(ccc4cc(-c5cc6ccccc6cc5-c5ccccc5)ccc43)c2)cc1. The highest BCUT2D eigenvalue weighted by atomic mass is 16.5. The number of hydrogen-bond donors (Lipinski definition) is 0. The molecule has 0 aliphatic heterocycles. The first kappa shape index (κ1) is 22.3. The van der Waals surface area contributed by atoms with Crippen LogP contribution in [0.5, 0.6) is 5.75 Å². The van der Waals surface area contributed by atoms with Gasteiger partial charge in [-0.25, -0.2) is 0 Å². The van der Waals surface area contributed by atoms with Crippen molar-refractivity contribution in [2.24, 2.45) is 0 Å². The molecular weight excluding hydrogens is 460 g/mol. The van der Waals surface area contributed by atoms with Crippen LogP contribution in [0.15, 0.2) is 140 Å². The largest absolute Gasteiger partial charge is 0.497 e. The van der Waals surface area contributed by atoms with Gasteiger partial charge in [0.15, 0.2) is 0 Å². The van der Waals surface area contributed by atoms with E-state index in [4.69, 9.17) is 4.74 Å². The second-order valence-electron chi connectivity index (χ2n) is 9.78. The molecule has 7 rings (SSSR count). The third kappa shape index (κ3) is 3.90. The molecule has 0 unspecified atom stereocenters. The molecular formula is C37H26O. The number of ether oxygens (including phenoxy) is 1. The molecule has 38 heavy (non-hydrogen) atoms. The van der Waals surface area contributed by atoms with Crippen LogP contribution in [0.2, 0.25) is 0 Å². The lowest BCUT2D eigenvalue weighted by Gasteiger charge is -2.14. The number of hydrogen-bond acceptors (Lipinski definition) is 1. The zero-order valence-electron chi connectivity index (χ0n) is 21.2. The Labute approximate surface area is 222 Å². The van der Waals surface area contributed by atoms with Crippen molar-refractivity contribution in [2.45, 2.75) is 0 Å². The minimum Gasteiger partial charge on any atom is -0.497 e. The lowest BCUT2D eigenvalue weighted by molar-refractivity contribution is 0.415. The van der Waals surface area contributed by atoms with Crippen molar-refractivity contribution in [3.8, 4) is 39.1 Å². The summed E-state index contributed by atoms with van der Waals surface area (Å²) >= 11 is 0. The van der Waals surface area contributed by atoms with Gasteiger partial charge in [-0.15, -0.1) is 0 Å². The average molecular weight is 487 g/mol. The minimum atomic E-state index is 0.873. The molecule has 0 aliphatic rings. The van der Waals surface area contributed by atoms with Gasteiger partial charge in [-0.1, -0.05) is 103 Å². The molecule has 7 aromatic rings. The van der Waals surface area contributed by atoms with Crippen molar-refractivity contribution in [1.29, 1.82) is 0 Å². The number of fused-ring (bicyclic) bond motifs is 4. The lowest BCUT2D eigenvalue weighted by atomic mass is 9.90. The highest BCUT2D eigenvalue weighted by molar-refractivity contribution is 6.10. The maximum atomic E-state index is 5.32. The second kappa shape index (κ2) is 9.21. The zero-order chi connectivity index (χ0) is 25.5. The Morgan fingerprint density at radius 3 is 1.53 bits per heavy atom. The monoisotopic (exact) mass is 486 g/mol. The fourth-order valence-corrected chi connectivity index (χ4v) is 5.54. The molecule has 0 fully saturated rings. The number of benzene rings is 7. The third-order valence-electron chi connectivity index (χ3n) is 7.54. The van der Waals surface area contributed by atoms with Gasteiger partial charge in [-0.2, -0.15) is 0 Å². The van der Waals surface area contributed by atoms with Crippen LogP contribution in [0.25, 0.3) is 65.7 Å². The molecule has 0 saturated heterocycles. The molecule has 0 amide bonds. The van der Waals surface area contributed by atoms with E-state index in [1.807, 2.05) is 12.1 Å². The minimum absolute atomic E-state index is 0.873. The maximum absolute atomic E-state index is 5.32. The van der Waals surface area contributed by atoms with E-state index in [2.05, 4.69) is 127 Å². The highest BCUT2D eigenvalue weighted by Crippen LogP contribution is 2.38. The van der Waals surface area contributed by atoms with Crippen LogP contribution < -0.4 is 4.74 Å². The Bertz CT molecular complexity index is 1930. The van der Waals surface area contributed by atoms with Crippen molar-refractivity contribution in [2.75, 3.05) is 7.11 Å². The van der Waals surface area contributed by atoms with Gasteiger partial charge in [0.05, 0.1) is 7.11 Å². The number of methoxy groups -OCH3 is 1. The molecule has 0 radical (unpaired) electrons. The van der Waals surface area contributed by atoms with E-state index in [1.54, 1.807) is 7.11 Å². The Balaban J connectivity index is 1.36. The second-order valence-corrected chi connectivity index (χ2v) is 9.78. The van der Waals surface area contributed by atoms with E-state index in [1.165, 1.54) is 65.7 Å². The summed E-state index contributed by atoms with van der Waals surface area (Å²) in [5, 5.41) is 7.55. The van der Waals surface area contributed by atoms with Crippen LogP contribution in [-0.4, -0.2) is 7.11 Å². The van der Waals surface area contributed by atoms with Gasteiger partial charge in [-0.3, -0.25) is 0 Å². The van der Waals surface area contributed by atoms with Crippen LogP contribution in [0, 0.1) is 0 Å². The molecule has 180 valence electrons.